The lowest BCUT2D eigenvalue weighted by atomic mass is 10.0. The fourth-order valence-corrected chi connectivity index (χ4v) is 3.38. The van der Waals surface area contributed by atoms with E-state index < -0.39 is 23.5 Å². The van der Waals surface area contributed by atoms with Gasteiger partial charge in [0.25, 0.3) is 5.91 Å². The van der Waals surface area contributed by atoms with Gasteiger partial charge in [0.15, 0.2) is 11.6 Å². The molecule has 0 spiro atoms. The lowest BCUT2D eigenvalue weighted by Gasteiger charge is -2.20. The maximum atomic E-state index is 15.2. The van der Waals surface area contributed by atoms with Gasteiger partial charge in [-0.3, -0.25) is 9.48 Å². The minimum absolute atomic E-state index is 0.0630. The van der Waals surface area contributed by atoms with Crippen LogP contribution in [0.2, 0.25) is 0 Å². The number of anilines is 1. The fraction of sp³-hybridized carbons (Fsp3) is 0.182. The van der Waals surface area contributed by atoms with Crippen molar-refractivity contribution in [3.63, 3.8) is 0 Å². The van der Waals surface area contributed by atoms with Gasteiger partial charge in [0.1, 0.15) is 5.69 Å². The lowest BCUT2D eigenvalue weighted by Crippen LogP contribution is -2.29. The average molecular weight is 443 g/mol. The molecule has 6 nitrogen and oxygen atoms in total. The third kappa shape index (κ3) is 3.68. The number of hydrogen-bond acceptors (Lipinski definition) is 4. The van der Waals surface area contributed by atoms with Crippen molar-refractivity contribution >= 4 is 22.5 Å². The number of benzene rings is 2. The summed E-state index contributed by atoms with van der Waals surface area (Å²) in [6.45, 7) is 1.52. The van der Waals surface area contributed by atoms with Gasteiger partial charge in [0.05, 0.1) is 16.8 Å². The second-order valence-electron chi connectivity index (χ2n) is 7.24. The van der Waals surface area contributed by atoms with Crippen molar-refractivity contribution in [2.45, 2.75) is 13.1 Å². The minimum atomic E-state index is -4.47. The fourth-order valence-electron chi connectivity index (χ4n) is 3.38. The number of nitrogens with zero attached hydrogens (tertiary/aromatic N) is 5. The van der Waals surface area contributed by atoms with Crippen LogP contribution >= 0.6 is 0 Å². The zero-order valence-electron chi connectivity index (χ0n) is 17.3. The molecule has 0 fully saturated rings. The first kappa shape index (κ1) is 21.4. The number of carbonyl (C=O) groups is 1. The Hall–Kier alpha value is -3.82. The first-order valence-corrected chi connectivity index (χ1v) is 9.47. The molecule has 0 bridgehead atoms. The molecule has 1 amide bonds. The van der Waals surface area contributed by atoms with Crippen LogP contribution in [-0.4, -0.2) is 32.7 Å². The van der Waals surface area contributed by atoms with Crippen LogP contribution in [0.15, 0.2) is 48.8 Å². The number of amides is 1. The smallest absolute Gasteiger partial charge is 0.307 e. The number of aryl methyl sites for hydroxylation is 1. The molecule has 0 saturated carbocycles. The number of aromatic nitrogens is 4. The Kier molecular flexibility index (Phi) is 5.15. The first-order chi connectivity index (χ1) is 15.1. The molecule has 2 aromatic heterocycles. The van der Waals surface area contributed by atoms with Crippen LogP contribution in [0.5, 0.6) is 0 Å². The highest BCUT2D eigenvalue weighted by Crippen LogP contribution is 2.33. The van der Waals surface area contributed by atoms with E-state index in [0.717, 1.165) is 12.1 Å². The Bertz CT molecular complexity index is 1350. The third-order valence-corrected chi connectivity index (χ3v) is 5.22. The van der Waals surface area contributed by atoms with Crippen LogP contribution in [0.3, 0.4) is 0 Å². The van der Waals surface area contributed by atoms with E-state index in [9.17, 15) is 18.0 Å². The Morgan fingerprint density at radius 2 is 1.88 bits per heavy atom. The first-order valence-electron chi connectivity index (χ1n) is 9.47. The summed E-state index contributed by atoms with van der Waals surface area (Å²) in [5, 5.41) is 4.17. The van der Waals surface area contributed by atoms with Gasteiger partial charge in [-0.05, 0) is 48.9 Å². The van der Waals surface area contributed by atoms with E-state index in [1.165, 1.54) is 54.1 Å². The van der Waals surface area contributed by atoms with Gasteiger partial charge in [-0.2, -0.15) is 18.3 Å². The highest BCUT2D eigenvalue weighted by atomic mass is 19.4. The van der Waals surface area contributed by atoms with Crippen LogP contribution < -0.4 is 4.90 Å². The third-order valence-electron chi connectivity index (χ3n) is 5.22. The summed E-state index contributed by atoms with van der Waals surface area (Å²) in [5.74, 6) is -0.893. The van der Waals surface area contributed by atoms with Gasteiger partial charge in [0, 0.05) is 37.4 Å². The molecule has 164 valence electrons. The molecule has 0 aliphatic rings. The van der Waals surface area contributed by atoms with Crippen LogP contribution in [0.25, 0.3) is 22.3 Å². The van der Waals surface area contributed by atoms with Gasteiger partial charge >= 0.3 is 6.18 Å². The second kappa shape index (κ2) is 7.70. The van der Waals surface area contributed by atoms with E-state index >= 15 is 4.39 Å². The molecule has 0 aliphatic heterocycles. The molecule has 10 heteroatoms. The van der Waals surface area contributed by atoms with E-state index in [-0.39, 0.29) is 22.5 Å². The molecule has 2 heterocycles. The van der Waals surface area contributed by atoms with Gasteiger partial charge in [-0.25, -0.2) is 14.4 Å². The quantitative estimate of drug-likeness (QED) is 0.428. The highest BCUT2D eigenvalue weighted by Gasteiger charge is 2.30. The number of halogens is 4. The normalized spacial score (nSPS) is 11.7. The Morgan fingerprint density at radius 3 is 2.53 bits per heavy atom. The molecule has 4 rings (SSSR count). The van der Waals surface area contributed by atoms with Crippen LogP contribution in [-0.2, 0) is 13.2 Å². The number of fused-ring (bicyclic) bond motifs is 1. The standard InChI is InChI=1S/C22H17F4N5O/c1-12-15(20-27-11-13-10-14(22(24,25)26)4-6-16(13)29-20)5-7-17(19(12)23)30(2)21(32)18-8-9-28-31(18)3/h4-11H,1-3H3. The molecule has 0 atom stereocenters. The minimum Gasteiger partial charge on any atom is -0.307 e. The molecular formula is C22H17F4N5O. The lowest BCUT2D eigenvalue weighted by molar-refractivity contribution is -0.137. The maximum Gasteiger partial charge on any atom is 0.416 e. The van der Waals surface area contributed by atoms with Crippen molar-refractivity contribution in [1.82, 2.24) is 19.7 Å². The van der Waals surface area contributed by atoms with Crippen molar-refractivity contribution in [2.75, 3.05) is 11.9 Å². The Labute approximate surface area is 180 Å². The van der Waals surface area contributed by atoms with Crippen molar-refractivity contribution < 1.29 is 22.4 Å². The zero-order chi connectivity index (χ0) is 23.2. The molecule has 2 aromatic carbocycles. The van der Waals surface area contributed by atoms with Gasteiger partial charge < -0.3 is 4.90 Å². The number of rotatable bonds is 3. The Morgan fingerprint density at radius 1 is 1.12 bits per heavy atom. The van der Waals surface area contributed by atoms with Gasteiger partial charge in [0.2, 0.25) is 0 Å². The summed E-state index contributed by atoms with van der Waals surface area (Å²) in [6, 6.07) is 7.70. The maximum absolute atomic E-state index is 15.2. The molecule has 0 unspecified atom stereocenters. The van der Waals surface area contributed by atoms with Crippen molar-refractivity contribution in [3.05, 3.63) is 71.4 Å². The molecule has 0 radical (unpaired) electrons. The summed E-state index contributed by atoms with van der Waals surface area (Å²) < 4.78 is 55.3. The summed E-state index contributed by atoms with van der Waals surface area (Å²) in [7, 11) is 3.07. The SMILES string of the molecule is Cc1c(-c2ncc3cc(C(F)(F)F)ccc3n2)ccc(N(C)C(=O)c2ccnn2C)c1F. The second-order valence-corrected chi connectivity index (χ2v) is 7.24. The Balaban J connectivity index is 1.71. The van der Waals surface area contributed by atoms with Crippen molar-refractivity contribution in [1.29, 1.82) is 0 Å². The van der Waals surface area contributed by atoms with E-state index in [1.54, 1.807) is 13.1 Å². The van der Waals surface area contributed by atoms with Gasteiger partial charge in [-0.1, -0.05) is 0 Å². The average Bonchev–Trinajstić information content (AvgIpc) is 3.19. The van der Waals surface area contributed by atoms with Crippen LogP contribution in [0.4, 0.5) is 23.2 Å². The molecule has 4 aromatic rings. The highest BCUT2D eigenvalue weighted by molar-refractivity contribution is 6.04. The molecule has 0 N–H and O–H groups in total. The van der Waals surface area contributed by atoms with Crippen molar-refractivity contribution in [2.24, 2.45) is 7.05 Å². The summed E-state index contributed by atoms with van der Waals surface area (Å²) in [5.41, 5.74) is 0.440. The summed E-state index contributed by atoms with van der Waals surface area (Å²) in [6.07, 6.45) is -1.72. The molecule has 0 saturated heterocycles. The van der Waals surface area contributed by atoms with Gasteiger partial charge in [-0.15, -0.1) is 0 Å². The van der Waals surface area contributed by atoms with E-state index in [0.29, 0.717) is 16.8 Å². The van der Waals surface area contributed by atoms with E-state index in [4.69, 9.17) is 0 Å². The summed E-state index contributed by atoms with van der Waals surface area (Å²) >= 11 is 0. The molecular weight excluding hydrogens is 426 g/mol. The zero-order valence-corrected chi connectivity index (χ0v) is 17.3. The largest absolute Gasteiger partial charge is 0.416 e. The van der Waals surface area contributed by atoms with Crippen LogP contribution in [0, 0.1) is 12.7 Å². The van der Waals surface area contributed by atoms with E-state index in [2.05, 4.69) is 15.1 Å². The monoisotopic (exact) mass is 443 g/mol. The molecule has 0 aliphatic carbocycles. The predicted octanol–water partition coefficient (Wildman–Crippen LogP) is 4.77. The summed E-state index contributed by atoms with van der Waals surface area (Å²) in [4.78, 5) is 22.3. The predicted molar refractivity (Wildman–Crippen MR) is 111 cm³/mol. The topological polar surface area (TPSA) is 63.9 Å². The van der Waals surface area contributed by atoms with E-state index in [1.807, 2.05) is 0 Å². The number of carbonyl (C=O) groups excluding carboxylic acids is 1. The van der Waals surface area contributed by atoms with Crippen LogP contribution in [0.1, 0.15) is 21.6 Å². The van der Waals surface area contributed by atoms with Crippen molar-refractivity contribution in [3.8, 4) is 11.4 Å². The number of hydrogen-bond donors (Lipinski definition) is 0. The number of alkyl halides is 3. The molecule has 32 heavy (non-hydrogen) atoms.